The average molecular weight is 286 g/mol. The van der Waals surface area contributed by atoms with E-state index in [1.54, 1.807) is 6.07 Å². The number of likely N-dealkylation sites (tertiary alicyclic amines) is 1. The first-order valence-electron chi connectivity index (χ1n) is 6.48. The van der Waals surface area contributed by atoms with Crippen LogP contribution in [-0.4, -0.2) is 42.9 Å². The fraction of sp³-hybridized carbons (Fsp3) is 0.571. The van der Waals surface area contributed by atoms with Crippen LogP contribution >= 0.6 is 11.6 Å². The van der Waals surface area contributed by atoms with E-state index in [1.165, 1.54) is 12.1 Å². The lowest BCUT2D eigenvalue weighted by Crippen LogP contribution is -2.34. The normalized spacial score (nSPS) is 30.8. The second kappa shape index (κ2) is 5.02. The Morgan fingerprint density at radius 3 is 3.05 bits per heavy atom. The molecule has 2 saturated heterocycles. The second-order valence-corrected chi connectivity index (χ2v) is 6.05. The summed E-state index contributed by atoms with van der Waals surface area (Å²) in [6.45, 7) is 3.90. The maximum Gasteiger partial charge on any atom is 0.124 e. The Kier molecular flexibility index (Phi) is 3.52. The maximum absolute atomic E-state index is 13.0. The molecular weight excluding hydrogens is 269 g/mol. The van der Waals surface area contributed by atoms with E-state index in [2.05, 4.69) is 4.90 Å². The summed E-state index contributed by atoms with van der Waals surface area (Å²) in [5.41, 5.74) is 0.809. The Bertz CT molecular complexity index is 485. The zero-order valence-corrected chi connectivity index (χ0v) is 11.4. The zero-order chi connectivity index (χ0) is 13.5. The number of hydrogen-bond donors (Lipinski definition) is 1. The predicted octanol–water partition coefficient (Wildman–Crippen LogP) is 1.92. The molecular formula is C14H17ClFNO2. The van der Waals surface area contributed by atoms with Crippen LogP contribution in [0.2, 0.25) is 5.02 Å². The van der Waals surface area contributed by atoms with Crippen LogP contribution in [0, 0.1) is 17.2 Å². The van der Waals surface area contributed by atoms with E-state index >= 15 is 0 Å². The van der Waals surface area contributed by atoms with E-state index in [0.717, 1.165) is 18.7 Å². The number of rotatable bonds is 3. The van der Waals surface area contributed by atoms with Gasteiger partial charge < -0.3 is 9.84 Å². The monoisotopic (exact) mass is 285 g/mol. The van der Waals surface area contributed by atoms with Gasteiger partial charge in [0.1, 0.15) is 5.82 Å². The summed E-state index contributed by atoms with van der Waals surface area (Å²) in [5, 5.41) is 10.1. The van der Waals surface area contributed by atoms with Gasteiger partial charge in [0, 0.05) is 36.0 Å². The molecule has 3 rings (SSSR count). The highest BCUT2D eigenvalue weighted by Gasteiger charge is 2.50. The van der Waals surface area contributed by atoms with Crippen molar-refractivity contribution in [2.45, 2.75) is 6.54 Å². The van der Waals surface area contributed by atoms with Crippen LogP contribution in [0.4, 0.5) is 4.39 Å². The minimum Gasteiger partial charge on any atom is -0.396 e. The van der Waals surface area contributed by atoms with Gasteiger partial charge in [-0.3, -0.25) is 4.90 Å². The van der Waals surface area contributed by atoms with Gasteiger partial charge in [0.25, 0.3) is 0 Å². The third kappa shape index (κ3) is 2.38. The summed E-state index contributed by atoms with van der Waals surface area (Å²) in [5.74, 6) is 0.0731. The standard InChI is InChI=1S/C14H17ClFNO2/c15-13-3-12(16)2-1-10(13)4-17-5-11-6-19-9-14(11,7-17)8-18/h1-3,11,18H,4-9H2/t11-,14-/m0/s1. The molecule has 1 N–H and O–H groups in total. The lowest BCUT2D eigenvalue weighted by Gasteiger charge is -2.24. The molecule has 104 valence electrons. The van der Waals surface area contributed by atoms with Crippen LogP contribution < -0.4 is 0 Å². The summed E-state index contributed by atoms with van der Waals surface area (Å²) in [4.78, 5) is 2.27. The molecule has 0 amide bonds. The topological polar surface area (TPSA) is 32.7 Å². The Hall–Kier alpha value is -0.680. The molecule has 2 aliphatic heterocycles. The smallest absolute Gasteiger partial charge is 0.124 e. The first kappa shape index (κ1) is 13.3. The fourth-order valence-electron chi connectivity index (χ4n) is 3.18. The fourth-order valence-corrected chi connectivity index (χ4v) is 3.40. The van der Waals surface area contributed by atoms with Crippen LogP contribution in [0.3, 0.4) is 0 Å². The van der Waals surface area contributed by atoms with Gasteiger partial charge in [-0.25, -0.2) is 4.39 Å². The van der Waals surface area contributed by atoms with Crippen LogP contribution in [0.5, 0.6) is 0 Å². The number of aliphatic hydroxyl groups is 1. The minimum absolute atomic E-state index is 0.119. The summed E-state index contributed by atoms with van der Waals surface area (Å²) in [6, 6.07) is 4.51. The van der Waals surface area contributed by atoms with E-state index in [9.17, 15) is 9.50 Å². The highest BCUT2D eigenvalue weighted by atomic mass is 35.5. The number of hydrogen-bond acceptors (Lipinski definition) is 3. The molecule has 2 aliphatic rings. The van der Waals surface area contributed by atoms with Gasteiger partial charge in [0.05, 0.1) is 19.8 Å². The number of halogens is 2. The first-order chi connectivity index (χ1) is 9.13. The van der Waals surface area contributed by atoms with Crippen molar-refractivity contribution in [1.82, 2.24) is 4.90 Å². The van der Waals surface area contributed by atoms with Gasteiger partial charge >= 0.3 is 0 Å². The van der Waals surface area contributed by atoms with Crippen molar-refractivity contribution in [3.05, 3.63) is 34.6 Å². The van der Waals surface area contributed by atoms with Crippen LogP contribution in [0.25, 0.3) is 0 Å². The molecule has 0 aromatic heterocycles. The van der Waals surface area contributed by atoms with Gasteiger partial charge in [-0.1, -0.05) is 17.7 Å². The van der Waals surface area contributed by atoms with Crippen molar-refractivity contribution >= 4 is 11.6 Å². The molecule has 2 fully saturated rings. The van der Waals surface area contributed by atoms with Gasteiger partial charge in [-0.15, -0.1) is 0 Å². The number of nitrogens with zero attached hydrogens (tertiary/aromatic N) is 1. The number of ether oxygens (including phenoxy) is 1. The summed E-state index contributed by atoms with van der Waals surface area (Å²) in [6.07, 6.45) is 0. The molecule has 1 aromatic rings. The Morgan fingerprint density at radius 2 is 2.37 bits per heavy atom. The zero-order valence-electron chi connectivity index (χ0n) is 10.6. The van der Waals surface area contributed by atoms with Gasteiger partial charge in [0.15, 0.2) is 0 Å². The number of benzene rings is 1. The maximum atomic E-state index is 13.0. The third-order valence-corrected chi connectivity index (χ3v) is 4.67. The SMILES string of the molecule is OC[C@@]12COC[C@@H]1CN(Cc1ccc(F)cc1Cl)C2. The van der Waals surface area contributed by atoms with E-state index < -0.39 is 0 Å². The largest absolute Gasteiger partial charge is 0.396 e. The molecule has 0 bridgehead atoms. The van der Waals surface area contributed by atoms with E-state index in [4.69, 9.17) is 16.3 Å². The molecule has 0 saturated carbocycles. The molecule has 0 radical (unpaired) electrons. The van der Waals surface area contributed by atoms with Crippen LogP contribution in [0.15, 0.2) is 18.2 Å². The molecule has 0 aliphatic carbocycles. The van der Waals surface area contributed by atoms with Crippen molar-refractivity contribution in [1.29, 1.82) is 0 Å². The highest BCUT2D eigenvalue weighted by molar-refractivity contribution is 6.31. The van der Waals surface area contributed by atoms with Crippen molar-refractivity contribution < 1.29 is 14.2 Å². The van der Waals surface area contributed by atoms with E-state index in [0.29, 0.717) is 30.7 Å². The average Bonchev–Trinajstić information content (AvgIpc) is 2.89. The van der Waals surface area contributed by atoms with Crippen LogP contribution in [-0.2, 0) is 11.3 Å². The summed E-state index contributed by atoms with van der Waals surface area (Å²) in [7, 11) is 0. The predicted molar refractivity (Wildman–Crippen MR) is 70.5 cm³/mol. The lowest BCUT2D eigenvalue weighted by atomic mass is 9.82. The molecule has 3 nitrogen and oxygen atoms in total. The van der Waals surface area contributed by atoms with E-state index in [1.807, 2.05) is 0 Å². The lowest BCUT2D eigenvalue weighted by molar-refractivity contribution is 0.0803. The highest BCUT2D eigenvalue weighted by Crippen LogP contribution is 2.41. The minimum atomic E-state index is -0.313. The molecule has 2 heterocycles. The Balaban J connectivity index is 1.72. The Labute approximate surface area is 116 Å². The summed E-state index contributed by atoms with van der Waals surface area (Å²) >= 11 is 6.06. The third-order valence-electron chi connectivity index (χ3n) is 4.32. The second-order valence-electron chi connectivity index (χ2n) is 5.64. The molecule has 19 heavy (non-hydrogen) atoms. The van der Waals surface area contributed by atoms with Gasteiger partial charge in [-0.2, -0.15) is 0 Å². The first-order valence-corrected chi connectivity index (χ1v) is 6.86. The quantitative estimate of drug-likeness (QED) is 0.921. The van der Waals surface area contributed by atoms with Crippen molar-refractivity contribution in [2.75, 3.05) is 32.9 Å². The van der Waals surface area contributed by atoms with Crippen molar-refractivity contribution in [3.8, 4) is 0 Å². The van der Waals surface area contributed by atoms with Gasteiger partial charge in [-0.05, 0) is 17.7 Å². The van der Waals surface area contributed by atoms with E-state index in [-0.39, 0.29) is 17.8 Å². The molecule has 0 unspecified atom stereocenters. The van der Waals surface area contributed by atoms with Gasteiger partial charge in [0.2, 0.25) is 0 Å². The van der Waals surface area contributed by atoms with Crippen molar-refractivity contribution in [3.63, 3.8) is 0 Å². The molecule has 0 spiro atoms. The number of fused-ring (bicyclic) bond motifs is 1. The van der Waals surface area contributed by atoms with Crippen LogP contribution in [0.1, 0.15) is 5.56 Å². The molecule has 1 aromatic carbocycles. The molecule has 5 heteroatoms. The Morgan fingerprint density at radius 1 is 1.53 bits per heavy atom. The molecule has 2 atom stereocenters. The van der Waals surface area contributed by atoms with Crippen molar-refractivity contribution in [2.24, 2.45) is 11.3 Å². The number of aliphatic hydroxyl groups excluding tert-OH is 1. The summed E-state index contributed by atoms with van der Waals surface area (Å²) < 4.78 is 18.5.